The summed E-state index contributed by atoms with van der Waals surface area (Å²) in [6, 6.07) is 0. The van der Waals surface area contributed by atoms with Crippen molar-refractivity contribution < 1.29 is 40.5 Å². The maximum atomic E-state index is 12.2. The molecular formula is C40H78BrNO4. The minimum atomic E-state index is -0.0903. The summed E-state index contributed by atoms with van der Waals surface area (Å²) in [6.07, 6.45) is 36.8. The Morgan fingerprint density at radius 2 is 0.761 bits per heavy atom. The van der Waals surface area contributed by atoms with Crippen molar-refractivity contribution in [2.75, 3.05) is 39.9 Å². The molecule has 0 spiro atoms. The molecule has 0 unspecified atom stereocenters. The second kappa shape index (κ2) is 36.9. The van der Waals surface area contributed by atoms with Crippen LogP contribution in [0.25, 0.3) is 0 Å². The molecule has 0 aliphatic rings. The number of unbranched alkanes of at least 4 members (excludes halogenated alkanes) is 24. The van der Waals surface area contributed by atoms with Gasteiger partial charge >= 0.3 is 11.9 Å². The molecule has 0 aromatic heterocycles. The molecule has 0 rings (SSSR count). The third-order valence-corrected chi connectivity index (χ3v) is 9.33. The zero-order valence-corrected chi connectivity index (χ0v) is 32.7. The van der Waals surface area contributed by atoms with Crippen LogP contribution >= 0.6 is 0 Å². The topological polar surface area (TPSA) is 52.6 Å². The molecule has 274 valence electrons. The van der Waals surface area contributed by atoms with E-state index in [9.17, 15) is 9.59 Å². The quantitative estimate of drug-likeness (QED) is 0.0282. The summed E-state index contributed by atoms with van der Waals surface area (Å²) in [5, 5.41) is 0. The molecule has 0 aliphatic carbocycles. The van der Waals surface area contributed by atoms with E-state index in [4.69, 9.17) is 9.47 Å². The van der Waals surface area contributed by atoms with Gasteiger partial charge in [0.15, 0.2) is 0 Å². The highest BCUT2D eigenvalue weighted by atomic mass is 79.9. The van der Waals surface area contributed by atoms with Gasteiger partial charge in [0.2, 0.25) is 0 Å². The Hall–Kier alpha value is -0.880. The Labute approximate surface area is 297 Å². The van der Waals surface area contributed by atoms with Gasteiger partial charge in [-0.3, -0.25) is 9.59 Å². The van der Waals surface area contributed by atoms with Gasteiger partial charge in [-0.25, -0.2) is 0 Å². The molecule has 0 saturated carbocycles. The summed E-state index contributed by atoms with van der Waals surface area (Å²) in [6.45, 7) is 11.4. The van der Waals surface area contributed by atoms with Crippen LogP contribution in [0.5, 0.6) is 0 Å². The third kappa shape index (κ3) is 34.5. The zero-order valence-electron chi connectivity index (χ0n) is 31.1. The molecule has 0 N–H and O–H groups in total. The normalized spacial score (nSPS) is 11.3. The fourth-order valence-corrected chi connectivity index (χ4v) is 6.08. The van der Waals surface area contributed by atoms with Gasteiger partial charge in [-0.15, -0.1) is 0 Å². The molecule has 5 nitrogen and oxygen atoms in total. The number of halogens is 1. The molecule has 6 heteroatoms. The number of carbonyl (C=O) groups is 2. The van der Waals surface area contributed by atoms with Crippen molar-refractivity contribution in [3.8, 4) is 0 Å². The molecule has 0 saturated heterocycles. The Kier molecular flexibility index (Phi) is 37.9. The van der Waals surface area contributed by atoms with Gasteiger partial charge in [0, 0.05) is 12.8 Å². The lowest BCUT2D eigenvalue weighted by Gasteiger charge is -2.33. The van der Waals surface area contributed by atoms with E-state index in [2.05, 4.69) is 27.5 Å². The van der Waals surface area contributed by atoms with Crippen molar-refractivity contribution in [3.63, 3.8) is 0 Å². The van der Waals surface area contributed by atoms with Crippen molar-refractivity contribution in [2.24, 2.45) is 0 Å². The molecule has 46 heavy (non-hydrogen) atoms. The van der Waals surface area contributed by atoms with Crippen molar-refractivity contribution in [1.82, 2.24) is 0 Å². The Morgan fingerprint density at radius 1 is 0.500 bits per heavy atom. The minimum absolute atomic E-state index is 0. The molecule has 0 amide bonds. The lowest BCUT2D eigenvalue weighted by atomic mass is 10.0. The zero-order chi connectivity index (χ0) is 33.1. The predicted octanol–water partition coefficient (Wildman–Crippen LogP) is 8.67. The molecule has 0 radical (unpaired) electrons. The highest BCUT2D eigenvalue weighted by Gasteiger charge is 2.21. The van der Waals surface area contributed by atoms with Crippen molar-refractivity contribution in [3.05, 3.63) is 12.7 Å². The number of nitrogens with zero attached hydrogens (tertiary/aromatic N) is 1. The summed E-state index contributed by atoms with van der Waals surface area (Å²) in [5.74, 6) is -0.181. The number of esters is 2. The number of hydrogen-bond acceptors (Lipinski definition) is 4. The second-order valence-electron chi connectivity index (χ2n) is 14.0. The average molecular weight is 717 g/mol. The SMILES string of the molecule is C=CC[N+](C)(CCOC(=O)CCCCCCCCCCCCCCC)CCOC(=O)CCCCCCCCCCCCCCC.[Br-]. The molecule has 0 aromatic rings. The molecular weight excluding hydrogens is 638 g/mol. The van der Waals surface area contributed by atoms with Gasteiger partial charge in [-0.05, 0) is 18.9 Å². The van der Waals surface area contributed by atoms with E-state index in [0.29, 0.717) is 43.6 Å². The van der Waals surface area contributed by atoms with E-state index in [1.165, 1.54) is 141 Å². The fraction of sp³-hybridized carbons (Fsp3) is 0.900. The van der Waals surface area contributed by atoms with Crippen LogP contribution in [0, 0.1) is 0 Å². The van der Waals surface area contributed by atoms with Gasteiger partial charge < -0.3 is 30.9 Å². The summed E-state index contributed by atoms with van der Waals surface area (Å²) in [5.41, 5.74) is 0. The number of ether oxygens (including phenoxy) is 2. The standard InChI is InChI=1S/C40H78NO4.BrH/c1-5-8-10-12-14-16-18-20-22-24-26-28-30-32-39(42)44-37-35-41(4,34-7-3)36-38-45-40(43)33-31-29-27-25-23-21-19-17-15-13-11-9-6-2;/h7H,3,5-6,8-38H2,1-2,4H3;1H/q+1;/p-1. The number of quaternary nitrogens is 1. The first-order valence-electron chi connectivity index (χ1n) is 19.7. The summed E-state index contributed by atoms with van der Waals surface area (Å²) >= 11 is 0. The van der Waals surface area contributed by atoms with Crippen LogP contribution < -0.4 is 17.0 Å². The van der Waals surface area contributed by atoms with E-state index in [1.807, 2.05) is 6.08 Å². The average Bonchev–Trinajstić information content (AvgIpc) is 3.02. The van der Waals surface area contributed by atoms with E-state index >= 15 is 0 Å². The lowest BCUT2D eigenvalue weighted by molar-refractivity contribution is -0.904. The van der Waals surface area contributed by atoms with Gasteiger partial charge in [-0.1, -0.05) is 175 Å². The Bertz CT molecular complexity index is 624. The molecule has 0 bridgehead atoms. The van der Waals surface area contributed by atoms with Gasteiger partial charge in [0.25, 0.3) is 0 Å². The lowest BCUT2D eigenvalue weighted by Crippen LogP contribution is -3.00. The van der Waals surface area contributed by atoms with Gasteiger partial charge in [0.1, 0.15) is 26.3 Å². The van der Waals surface area contributed by atoms with Crippen LogP contribution in [-0.2, 0) is 19.1 Å². The maximum absolute atomic E-state index is 12.2. The Morgan fingerprint density at radius 3 is 1.02 bits per heavy atom. The number of likely N-dealkylation sites (N-methyl/N-ethyl adjacent to an activating group) is 1. The van der Waals surface area contributed by atoms with Crippen LogP contribution in [0.4, 0.5) is 0 Å². The second-order valence-corrected chi connectivity index (χ2v) is 14.0. The minimum Gasteiger partial charge on any atom is -1.00 e. The first-order chi connectivity index (χ1) is 22.0. The van der Waals surface area contributed by atoms with Gasteiger partial charge in [-0.2, -0.15) is 0 Å². The number of carbonyl (C=O) groups excluding carboxylic acids is 2. The van der Waals surface area contributed by atoms with Crippen LogP contribution in [-0.4, -0.2) is 56.3 Å². The molecule has 0 aliphatic heterocycles. The molecule has 0 atom stereocenters. The van der Waals surface area contributed by atoms with Crippen molar-refractivity contribution >= 4 is 11.9 Å². The van der Waals surface area contributed by atoms with Crippen LogP contribution in [0.2, 0.25) is 0 Å². The van der Waals surface area contributed by atoms with Crippen LogP contribution in [0.1, 0.15) is 194 Å². The van der Waals surface area contributed by atoms with Crippen LogP contribution in [0.3, 0.4) is 0 Å². The number of rotatable bonds is 36. The third-order valence-electron chi connectivity index (χ3n) is 9.33. The molecule has 0 heterocycles. The highest BCUT2D eigenvalue weighted by Crippen LogP contribution is 2.15. The van der Waals surface area contributed by atoms with E-state index in [1.54, 1.807) is 0 Å². The largest absolute Gasteiger partial charge is 1.00 e. The highest BCUT2D eigenvalue weighted by molar-refractivity contribution is 5.69. The first-order valence-corrected chi connectivity index (χ1v) is 19.7. The van der Waals surface area contributed by atoms with E-state index < -0.39 is 0 Å². The van der Waals surface area contributed by atoms with Crippen molar-refractivity contribution in [1.29, 1.82) is 0 Å². The van der Waals surface area contributed by atoms with Crippen molar-refractivity contribution in [2.45, 2.75) is 194 Å². The monoisotopic (exact) mass is 716 g/mol. The molecule has 0 fully saturated rings. The summed E-state index contributed by atoms with van der Waals surface area (Å²) in [4.78, 5) is 24.5. The predicted molar refractivity (Wildman–Crippen MR) is 194 cm³/mol. The maximum Gasteiger partial charge on any atom is 0.305 e. The summed E-state index contributed by atoms with van der Waals surface area (Å²) < 4.78 is 11.8. The first kappa shape index (κ1) is 47.2. The van der Waals surface area contributed by atoms with Gasteiger partial charge in [0.05, 0.1) is 13.6 Å². The van der Waals surface area contributed by atoms with E-state index in [-0.39, 0.29) is 28.9 Å². The fourth-order valence-electron chi connectivity index (χ4n) is 6.08. The summed E-state index contributed by atoms with van der Waals surface area (Å²) in [7, 11) is 2.11. The number of hydrogen-bond donors (Lipinski definition) is 0. The van der Waals surface area contributed by atoms with Crippen LogP contribution in [0.15, 0.2) is 12.7 Å². The van der Waals surface area contributed by atoms with E-state index in [0.717, 1.165) is 32.2 Å². The Balaban J connectivity index is 0. The molecule has 0 aromatic carbocycles. The smallest absolute Gasteiger partial charge is 0.305 e.